The molecule has 0 aliphatic carbocycles. The number of pyridine rings is 1. The van der Waals surface area contributed by atoms with E-state index >= 15 is 0 Å². The molecule has 0 spiro atoms. The fourth-order valence-corrected chi connectivity index (χ4v) is 1.47. The van der Waals surface area contributed by atoms with Gasteiger partial charge in [0.1, 0.15) is 6.04 Å². The standard InChI is InChI=1S/C11H9F3N2/c12-11(13,14)10(15)8-4-3-7-2-1-5-16-9(7)6-8/h1-6,10H,15H2/t10-/m1/s1. The molecule has 0 fully saturated rings. The van der Waals surface area contributed by atoms with Crippen molar-refractivity contribution in [1.82, 2.24) is 4.98 Å². The lowest BCUT2D eigenvalue weighted by molar-refractivity contribution is -0.149. The Morgan fingerprint density at radius 3 is 2.62 bits per heavy atom. The second-order valence-electron chi connectivity index (χ2n) is 3.47. The first-order valence-corrected chi connectivity index (χ1v) is 4.65. The third-order valence-corrected chi connectivity index (χ3v) is 2.34. The molecule has 0 aliphatic heterocycles. The summed E-state index contributed by atoms with van der Waals surface area (Å²) in [6.07, 6.45) is -2.90. The second kappa shape index (κ2) is 3.75. The van der Waals surface area contributed by atoms with Crippen molar-refractivity contribution in [3.8, 4) is 0 Å². The van der Waals surface area contributed by atoms with E-state index in [-0.39, 0.29) is 5.56 Å². The lowest BCUT2D eigenvalue weighted by Crippen LogP contribution is -2.28. The van der Waals surface area contributed by atoms with E-state index in [2.05, 4.69) is 4.98 Å². The lowest BCUT2D eigenvalue weighted by atomic mass is 10.1. The number of aromatic nitrogens is 1. The maximum absolute atomic E-state index is 12.4. The topological polar surface area (TPSA) is 38.9 Å². The zero-order valence-electron chi connectivity index (χ0n) is 8.20. The van der Waals surface area contributed by atoms with Gasteiger partial charge in [0, 0.05) is 11.6 Å². The number of rotatable bonds is 1. The normalized spacial score (nSPS) is 14.0. The van der Waals surface area contributed by atoms with Crippen molar-refractivity contribution in [2.45, 2.75) is 12.2 Å². The quantitative estimate of drug-likeness (QED) is 0.812. The van der Waals surface area contributed by atoms with Gasteiger partial charge in [-0.1, -0.05) is 18.2 Å². The van der Waals surface area contributed by atoms with Gasteiger partial charge in [-0.3, -0.25) is 4.98 Å². The van der Waals surface area contributed by atoms with Gasteiger partial charge < -0.3 is 5.73 Å². The monoisotopic (exact) mass is 226 g/mol. The molecule has 0 bridgehead atoms. The Kier molecular flexibility index (Phi) is 2.55. The number of nitrogens with zero attached hydrogens (tertiary/aromatic N) is 1. The van der Waals surface area contributed by atoms with E-state index in [4.69, 9.17) is 5.73 Å². The van der Waals surface area contributed by atoms with Crippen molar-refractivity contribution < 1.29 is 13.2 Å². The fourth-order valence-electron chi connectivity index (χ4n) is 1.47. The van der Waals surface area contributed by atoms with Gasteiger partial charge in [-0.25, -0.2) is 0 Å². The minimum absolute atomic E-state index is 0.0266. The molecule has 2 rings (SSSR count). The van der Waals surface area contributed by atoms with E-state index in [9.17, 15) is 13.2 Å². The highest BCUT2D eigenvalue weighted by Gasteiger charge is 2.37. The van der Waals surface area contributed by atoms with E-state index in [1.54, 1.807) is 18.2 Å². The molecular formula is C11H9F3N2. The van der Waals surface area contributed by atoms with Gasteiger partial charge in [0.15, 0.2) is 0 Å². The molecule has 1 atom stereocenters. The molecule has 0 aliphatic rings. The second-order valence-corrected chi connectivity index (χ2v) is 3.47. The summed E-state index contributed by atoms with van der Waals surface area (Å²) >= 11 is 0. The first-order chi connectivity index (χ1) is 7.48. The molecule has 5 heteroatoms. The Balaban J connectivity index is 2.47. The molecule has 0 saturated carbocycles. The molecule has 0 unspecified atom stereocenters. The number of nitrogens with two attached hydrogens (primary N) is 1. The van der Waals surface area contributed by atoms with Crippen molar-refractivity contribution in [2.24, 2.45) is 5.73 Å². The number of hydrogen-bond acceptors (Lipinski definition) is 2. The molecule has 1 heterocycles. The summed E-state index contributed by atoms with van der Waals surface area (Å²) in [5, 5.41) is 0.792. The molecule has 2 N–H and O–H groups in total. The van der Waals surface area contributed by atoms with E-state index in [1.165, 1.54) is 18.3 Å². The van der Waals surface area contributed by atoms with Crippen LogP contribution in [0.5, 0.6) is 0 Å². The zero-order chi connectivity index (χ0) is 11.8. The van der Waals surface area contributed by atoms with Crippen LogP contribution in [0.25, 0.3) is 10.9 Å². The van der Waals surface area contributed by atoms with Gasteiger partial charge in [-0.05, 0) is 17.7 Å². The highest BCUT2D eigenvalue weighted by atomic mass is 19.4. The number of hydrogen-bond donors (Lipinski definition) is 1. The predicted molar refractivity (Wildman–Crippen MR) is 54.7 cm³/mol. The van der Waals surface area contributed by atoms with Gasteiger partial charge >= 0.3 is 6.18 Å². The average molecular weight is 226 g/mol. The van der Waals surface area contributed by atoms with Gasteiger partial charge in [-0.15, -0.1) is 0 Å². The SMILES string of the molecule is N[C@H](c1ccc2cccnc2c1)C(F)(F)F. The number of benzene rings is 1. The number of halogens is 3. The van der Waals surface area contributed by atoms with Crippen molar-refractivity contribution in [2.75, 3.05) is 0 Å². The lowest BCUT2D eigenvalue weighted by Gasteiger charge is -2.15. The maximum atomic E-state index is 12.4. The first kappa shape index (κ1) is 10.9. The molecule has 1 aromatic carbocycles. The molecule has 0 radical (unpaired) electrons. The van der Waals surface area contributed by atoms with Crippen LogP contribution in [-0.2, 0) is 0 Å². The van der Waals surface area contributed by atoms with Crippen LogP contribution in [0.3, 0.4) is 0 Å². The smallest absolute Gasteiger partial charge is 0.316 e. The van der Waals surface area contributed by atoms with Gasteiger partial charge in [-0.2, -0.15) is 13.2 Å². The Hall–Kier alpha value is -1.62. The summed E-state index contributed by atoms with van der Waals surface area (Å²) in [7, 11) is 0. The summed E-state index contributed by atoms with van der Waals surface area (Å²) in [6, 6.07) is 5.88. The summed E-state index contributed by atoms with van der Waals surface area (Å²) < 4.78 is 37.2. The summed E-state index contributed by atoms with van der Waals surface area (Å²) in [4.78, 5) is 3.98. The minimum Gasteiger partial charge on any atom is -0.316 e. The minimum atomic E-state index is -4.43. The Bertz CT molecular complexity index is 508. The van der Waals surface area contributed by atoms with E-state index in [0.29, 0.717) is 5.52 Å². The molecule has 2 aromatic rings. The highest BCUT2D eigenvalue weighted by Crippen LogP contribution is 2.31. The molecular weight excluding hydrogens is 217 g/mol. The molecule has 0 amide bonds. The Morgan fingerprint density at radius 2 is 1.94 bits per heavy atom. The van der Waals surface area contributed by atoms with Crippen LogP contribution in [0.4, 0.5) is 13.2 Å². The summed E-state index contributed by atoms with van der Waals surface area (Å²) in [6.45, 7) is 0. The summed E-state index contributed by atoms with van der Waals surface area (Å²) in [5.74, 6) is 0. The molecule has 0 saturated heterocycles. The highest BCUT2D eigenvalue weighted by molar-refractivity contribution is 5.79. The van der Waals surface area contributed by atoms with Gasteiger partial charge in [0.2, 0.25) is 0 Å². The predicted octanol–water partition coefficient (Wildman–Crippen LogP) is 2.80. The third-order valence-electron chi connectivity index (χ3n) is 2.34. The van der Waals surface area contributed by atoms with Crippen LogP contribution < -0.4 is 5.73 Å². The van der Waals surface area contributed by atoms with Gasteiger partial charge in [0.25, 0.3) is 0 Å². The van der Waals surface area contributed by atoms with Crippen LogP contribution in [0, 0.1) is 0 Å². The Labute approximate surface area is 89.9 Å². The van der Waals surface area contributed by atoms with Crippen LogP contribution in [0.15, 0.2) is 36.5 Å². The van der Waals surface area contributed by atoms with E-state index in [0.717, 1.165) is 5.39 Å². The van der Waals surface area contributed by atoms with Crippen molar-refractivity contribution in [3.63, 3.8) is 0 Å². The molecule has 2 nitrogen and oxygen atoms in total. The van der Waals surface area contributed by atoms with Gasteiger partial charge in [0.05, 0.1) is 5.52 Å². The fraction of sp³-hybridized carbons (Fsp3) is 0.182. The maximum Gasteiger partial charge on any atom is 0.407 e. The van der Waals surface area contributed by atoms with Crippen LogP contribution >= 0.6 is 0 Å². The summed E-state index contributed by atoms with van der Waals surface area (Å²) in [5.41, 5.74) is 5.65. The zero-order valence-corrected chi connectivity index (χ0v) is 8.20. The third kappa shape index (κ3) is 1.99. The van der Waals surface area contributed by atoms with Crippen molar-refractivity contribution >= 4 is 10.9 Å². The molecule has 16 heavy (non-hydrogen) atoms. The van der Waals surface area contributed by atoms with Crippen LogP contribution in [-0.4, -0.2) is 11.2 Å². The van der Waals surface area contributed by atoms with Crippen LogP contribution in [0.2, 0.25) is 0 Å². The molecule has 1 aromatic heterocycles. The van der Waals surface area contributed by atoms with E-state index < -0.39 is 12.2 Å². The number of alkyl halides is 3. The van der Waals surface area contributed by atoms with Crippen LogP contribution in [0.1, 0.15) is 11.6 Å². The van der Waals surface area contributed by atoms with Crippen molar-refractivity contribution in [1.29, 1.82) is 0 Å². The molecule has 84 valence electrons. The first-order valence-electron chi connectivity index (χ1n) is 4.65. The number of fused-ring (bicyclic) bond motifs is 1. The average Bonchev–Trinajstić information content (AvgIpc) is 2.26. The Morgan fingerprint density at radius 1 is 1.19 bits per heavy atom. The van der Waals surface area contributed by atoms with E-state index in [1.807, 2.05) is 0 Å². The largest absolute Gasteiger partial charge is 0.407 e. The van der Waals surface area contributed by atoms with Crippen molar-refractivity contribution in [3.05, 3.63) is 42.1 Å².